The largest absolute Gasteiger partial charge is 0.504 e. The zero-order valence-corrected chi connectivity index (χ0v) is 16.3. The molecule has 2 aromatic rings. The van der Waals surface area contributed by atoms with Crippen molar-refractivity contribution < 1.29 is 20.4 Å². The van der Waals surface area contributed by atoms with Crippen molar-refractivity contribution in [3.8, 4) is 23.0 Å². The van der Waals surface area contributed by atoms with Gasteiger partial charge in [-0.2, -0.15) is 0 Å². The lowest BCUT2D eigenvalue weighted by molar-refractivity contribution is 0.397. The fourth-order valence-corrected chi connectivity index (χ4v) is 3.09. The molecule has 6 nitrogen and oxygen atoms in total. The summed E-state index contributed by atoms with van der Waals surface area (Å²) in [5, 5.41) is 45.0. The first-order valence-electron chi connectivity index (χ1n) is 10.0. The monoisotopic (exact) mass is 388 g/mol. The smallest absolute Gasteiger partial charge is 0.161 e. The Morgan fingerprint density at radius 1 is 0.536 bits per heavy atom. The van der Waals surface area contributed by atoms with Crippen molar-refractivity contribution >= 4 is 0 Å². The van der Waals surface area contributed by atoms with Crippen molar-refractivity contribution in [1.82, 2.24) is 10.6 Å². The Hall–Kier alpha value is -2.44. The average molecular weight is 389 g/mol. The van der Waals surface area contributed by atoms with Crippen LogP contribution in [0.3, 0.4) is 0 Å². The molecular weight excluding hydrogens is 356 g/mol. The summed E-state index contributed by atoms with van der Waals surface area (Å²) >= 11 is 0. The molecule has 0 unspecified atom stereocenters. The van der Waals surface area contributed by atoms with E-state index in [1.807, 2.05) is 0 Å². The lowest BCUT2D eigenvalue weighted by atomic mass is 10.1. The molecule has 0 aliphatic rings. The Balaban J connectivity index is 1.42. The second-order valence-electron chi connectivity index (χ2n) is 7.04. The standard InChI is InChI=1S/C22H32N2O4/c25-19-11-7-9-17(21(19)27)15-23-13-5-3-1-2-4-6-14-24-16-18-10-8-12-20(26)22(18)28/h7-12,23-28H,1-6,13-16H2. The maximum atomic E-state index is 9.73. The fraction of sp³-hybridized carbons (Fsp3) is 0.455. The van der Waals surface area contributed by atoms with Gasteiger partial charge in [-0.3, -0.25) is 0 Å². The molecule has 0 aliphatic carbocycles. The highest BCUT2D eigenvalue weighted by Crippen LogP contribution is 2.28. The van der Waals surface area contributed by atoms with E-state index in [1.54, 1.807) is 24.3 Å². The van der Waals surface area contributed by atoms with Crippen molar-refractivity contribution in [2.45, 2.75) is 51.6 Å². The highest BCUT2D eigenvalue weighted by Gasteiger charge is 2.05. The van der Waals surface area contributed by atoms with E-state index in [1.165, 1.54) is 37.8 Å². The topological polar surface area (TPSA) is 105 Å². The van der Waals surface area contributed by atoms with Crippen LogP contribution in [0.2, 0.25) is 0 Å². The second-order valence-corrected chi connectivity index (χ2v) is 7.04. The summed E-state index contributed by atoms with van der Waals surface area (Å²) in [6.45, 7) is 2.90. The van der Waals surface area contributed by atoms with Crippen LogP contribution in [0, 0.1) is 0 Å². The Kier molecular flexibility index (Phi) is 9.45. The summed E-state index contributed by atoms with van der Waals surface area (Å²) < 4.78 is 0. The maximum absolute atomic E-state index is 9.73. The van der Waals surface area contributed by atoms with Crippen molar-refractivity contribution in [2.24, 2.45) is 0 Å². The first-order valence-corrected chi connectivity index (χ1v) is 10.0. The molecule has 2 rings (SSSR count). The molecule has 6 heteroatoms. The Labute approximate surface area is 166 Å². The van der Waals surface area contributed by atoms with Gasteiger partial charge in [-0.05, 0) is 38.1 Å². The molecule has 0 bridgehead atoms. The molecule has 0 heterocycles. The number of unbranched alkanes of at least 4 members (excludes halogenated alkanes) is 5. The Bertz CT molecular complexity index is 660. The number of phenols is 4. The molecule has 0 aliphatic heterocycles. The average Bonchev–Trinajstić information content (AvgIpc) is 2.69. The van der Waals surface area contributed by atoms with Gasteiger partial charge in [0, 0.05) is 24.2 Å². The lowest BCUT2D eigenvalue weighted by Gasteiger charge is -2.08. The predicted octanol–water partition coefficient (Wildman–Crippen LogP) is 3.73. The van der Waals surface area contributed by atoms with Crippen LogP contribution in [0.25, 0.3) is 0 Å². The SMILES string of the molecule is Oc1cccc(CNCCCCCCCCNCc2cccc(O)c2O)c1O. The lowest BCUT2D eigenvalue weighted by Crippen LogP contribution is -2.15. The van der Waals surface area contributed by atoms with Crippen LogP contribution < -0.4 is 10.6 Å². The summed E-state index contributed by atoms with van der Waals surface area (Å²) in [7, 11) is 0. The highest BCUT2D eigenvalue weighted by molar-refractivity contribution is 5.44. The number of nitrogens with one attached hydrogen (secondary N) is 2. The summed E-state index contributed by atoms with van der Waals surface area (Å²) in [6, 6.07) is 10.0. The summed E-state index contributed by atoms with van der Waals surface area (Å²) in [5.41, 5.74) is 1.43. The number of benzene rings is 2. The normalized spacial score (nSPS) is 11.0. The van der Waals surface area contributed by atoms with Gasteiger partial charge >= 0.3 is 0 Å². The van der Waals surface area contributed by atoms with Gasteiger partial charge in [0.15, 0.2) is 23.0 Å². The molecule has 2 aromatic carbocycles. The summed E-state index contributed by atoms with van der Waals surface area (Å²) in [6.07, 6.45) is 6.93. The minimum atomic E-state index is -0.0764. The van der Waals surface area contributed by atoms with Gasteiger partial charge in [-0.15, -0.1) is 0 Å². The molecule has 0 amide bonds. The molecule has 0 spiro atoms. The quantitative estimate of drug-likeness (QED) is 0.231. The Morgan fingerprint density at radius 3 is 1.36 bits per heavy atom. The molecule has 154 valence electrons. The molecule has 6 N–H and O–H groups in total. The van der Waals surface area contributed by atoms with E-state index in [4.69, 9.17) is 0 Å². The van der Waals surface area contributed by atoms with Crippen LogP contribution in [-0.2, 0) is 13.1 Å². The van der Waals surface area contributed by atoms with Gasteiger partial charge in [-0.25, -0.2) is 0 Å². The predicted molar refractivity (Wildman–Crippen MR) is 111 cm³/mol. The van der Waals surface area contributed by atoms with E-state index in [2.05, 4.69) is 10.6 Å². The number of para-hydroxylation sites is 2. The van der Waals surface area contributed by atoms with E-state index in [-0.39, 0.29) is 23.0 Å². The minimum absolute atomic E-state index is 0.0390. The molecule has 0 aromatic heterocycles. The minimum Gasteiger partial charge on any atom is -0.504 e. The zero-order chi connectivity index (χ0) is 20.2. The van der Waals surface area contributed by atoms with Crippen LogP contribution in [0.5, 0.6) is 23.0 Å². The van der Waals surface area contributed by atoms with Crippen molar-refractivity contribution in [3.63, 3.8) is 0 Å². The molecule has 0 saturated heterocycles. The van der Waals surface area contributed by atoms with Crippen LogP contribution in [-0.4, -0.2) is 33.5 Å². The van der Waals surface area contributed by atoms with E-state index in [0.717, 1.165) is 25.9 Å². The number of rotatable bonds is 13. The van der Waals surface area contributed by atoms with Crippen molar-refractivity contribution in [1.29, 1.82) is 0 Å². The first kappa shape index (κ1) is 21.9. The van der Waals surface area contributed by atoms with Gasteiger partial charge in [0.25, 0.3) is 0 Å². The van der Waals surface area contributed by atoms with E-state index >= 15 is 0 Å². The molecular formula is C22H32N2O4. The summed E-state index contributed by atoms with van der Waals surface area (Å²) in [5.74, 6) is -0.231. The van der Waals surface area contributed by atoms with Crippen LogP contribution in [0.4, 0.5) is 0 Å². The molecule has 0 saturated carbocycles. The van der Waals surface area contributed by atoms with Gasteiger partial charge < -0.3 is 31.1 Å². The van der Waals surface area contributed by atoms with Crippen LogP contribution in [0.1, 0.15) is 49.7 Å². The molecule has 28 heavy (non-hydrogen) atoms. The van der Waals surface area contributed by atoms with E-state index < -0.39 is 0 Å². The maximum Gasteiger partial charge on any atom is 0.161 e. The molecule has 0 fully saturated rings. The van der Waals surface area contributed by atoms with Gasteiger partial charge in [0.2, 0.25) is 0 Å². The number of phenolic OH excluding ortho intramolecular Hbond substituents is 4. The first-order chi connectivity index (χ1) is 13.6. The number of hydrogen-bond donors (Lipinski definition) is 6. The molecule has 0 atom stereocenters. The van der Waals surface area contributed by atoms with Gasteiger partial charge in [-0.1, -0.05) is 49.9 Å². The van der Waals surface area contributed by atoms with E-state index in [0.29, 0.717) is 24.2 Å². The number of aromatic hydroxyl groups is 4. The number of hydrogen-bond acceptors (Lipinski definition) is 6. The van der Waals surface area contributed by atoms with Crippen LogP contribution in [0.15, 0.2) is 36.4 Å². The third-order valence-electron chi connectivity index (χ3n) is 4.78. The summed E-state index contributed by atoms with van der Waals surface area (Å²) in [4.78, 5) is 0. The Morgan fingerprint density at radius 2 is 0.929 bits per heavy atom. The van der Waals surface area contributed by atoms with Crippen LogP contribution >= 0.6 is 0 Å². The highest BCUT2D eigenvalue weighted by atomic mass is 16.3. The van der Waals surface area contributed by atoms with Crippen molar-refractivity contribution in [2.75, 3.05) is 13.1 Å². The zero-order valence-electron chi connectivity index (χ0n) is 16.3. The third kappa shape index (κ3) is 7.29. The van der Waals surface area contributed by atoms with E-state index in [9.17, 15) is 20.4 Å². The third-order valence-corrected chi connectivity index (χ3v) is 4.78. The molecule has 0 radical (unpaired) electrons. The second kappa shape index (κ2) is 12.1. The van der Waals surface area contributed by atoms with Crippen molar-refractivity contribution in [3.05, 3.63) is 47.5 Å². The van der Waals surface area contributed by atoms with Gasteiger partial charge in [0.05, 0.1) is 0 Å². The van der Waals surface area contributed by atoms with Gasteiger partial charge in [0.1, 0.15) is 0 Å². The fourth-order valence-electron chi connectivity index (χ4n) is 3.09.